The number of fused-ring (bicyclic) bond motifs is 1. The maximum atomic E-state index is 13.1. The quantitative estimate of drug-likeness (QED) is 0.440. The van der Waals surface area contributed by atoms with Gasteiger partial charge in [-0.05, 0) is 54.8 Å². The maximum Gasteiger partial charge on any atom is 0.252 e. The Balaban J connectivity index is 1.95. The van der Waals surface area contributed by atoms with Gasteiger partial charge in [-0.1, -0.05) is 33.8 Å². The monoisotopic (exact) mass is 468 g/mol. The molecule has 1 aromatic carbocycles. The van der Waals surface area contributed by atoms with Crippen LogP contribution in [0, 0.1) is 5.92 Å². The molecule has 3 rings (SSSR count). The summed E-state index contributed by atoms with van der Waals surface area (Å²) in [6.07, 6.45) is 3.41. The molecule has 0 radical (unpaired) electrons. The third-order valence-electron chi connectivity index (χ3n) is 6.00. The predicted octanol–water partition coefficient (Wildman–Crippen LogP) is 5.28. The van der Waals surface area contributed by atoms with Crippen molar-refractivity contribution in [2.45, 2.75) is 65.5 Å². The van der Waals surface area contributed by atoms with Crippen LogP contribution in [0.15, 0.2) is 35.7 Å². The molecule has 33 heavy (non-hydrogen) atoms. The number of nitrogens with one attached hydrogen (secondary N) is 1. The molecule has 0 saturated carbocycles. The van der Waals surface area contributed by atoms with Crippen molar-refractivity contribution in [3.05, 3.63) is 52.0 Å². The Kier molecular flexibility index (Phi) is 8.30. The number of rotatable bonds is 10. The molecule has 0 aliphatic rings. The number of hydrogen-bond acceptors (Lipinski definition) is 4. The number of nitrogens with zero attached hydrogens (tertiary/aromatic N) is 3. The minimum atomic E-state index is -0.542. The highest BCUT2D eigenvalue weighted by atomic mass is 32.1. The second-order valence-electron chi connectivity index (χ2n) is 9.22. The van der Waals surface area contributed by atoms with E-state index in [-0.39, 0.29) is 17.7 Å². The fraction of sp³-hybridized carbons (Fsp3) is 0.500. The number of benzene rings is 1. The molecule has 0 fully saturated rings. The highest BCUT2D eigenvalue weighted by molar-refractivity contribution is 7.09. The Morgan fingerprint density at radius 1 is 1.15 bits per heavy atom. The molecule has 0 aliphatic carbocycles. The zero-order chi connectivity index (χ0) is 24.1. The van der Waals surface area contributed by atoms with Crippen LogP contribution in [0.1, 0.15) is 74.1 Å². The normalized spacial score (nSPS) is 12.5. The van der Waals surface area contributed by atoms with E-state index in [1.165, 1.54) is 9.78 Å². The number of aromatic nitrogens is 2. The Bertz CT molecular complexity index is 1080. The van der Waals surface area contributed by atoms with Crippen LogP contribution < -0.4 is 5.32 Å². The van der Waals surface area contributed by atoms with Gasteiger partial charge in [0.25, 0.3) is 5.91 Å². The number of likely N-dealkylation sites (N-methyl/N-ethyl adjacent to an activating group) is 1. The molecule has 2 heterocycles. The van der Waals surface area contributed by atoms with Crippen molar-refractivity contribution in [2.24, 2.45) is 5.92 Å². The fourth-order valence-electron chi connectivity index (χ4n) is 4.29. The lowest BCUT2D eigenvalue weighted by Gasteiger charge is -2.23. The number of hydrogen-bond donors (Lipinski definition) is 1. The van der Waals surface area contributed by atoms with Crippen LogP contribution in [-0.2, 0) is 11.2 Å². The van der Waals surface area contributed by atoms with Crippen LogP contribution in [0.4, 0.5) is 0 Å². The van der Waals surface area contributed by atoms with Gasteiger partial charge in [-0.25, -0.2) is 4.98 Å². The van der Waals surface area contributed by atoms with Crippen molar-refractivity contribution in [1.29, 1.82) is 0 Å². The Morgan fingerprint density at radius 2 is 1.88 bits per heavy atom. The van der Waals surface area contributed by atoms with Gasteiger partial charge in [0.1, 0.15) is 11.9 Å². The summed E-state index contributed by atoms with van der Waals surface area (Å²) >= 11 is 1.73. The van der Waals surface area contributed by atoms with Crippen molar-refractivity contribution in [1.82, 2.24) is 19.8 Å². The number of imidazole rings is 1. The molecule has 1 unspecified atom stereocenters. The van der Waals surface area contributed by atoms with E-state index in [4.69, 9.17) is 4.98 Å². The number of amides is 2. The van der Waals surface area contributed by atoms with E-state index in [2.05, 4.69) is 41.2 Å². The molecule has 0 saturated heterocycles. The molecule has 178 valence electrons. The maximum absolute atomic E-state index is 13.1. The molecule has 1 N–H and O–H groups in total. The fourth-order valence-corrected chi connectivity index (χ4v) is 4.99. The van der Waals surface area contributed by atoms with Crippen molar-refractivity contribution in [3.8, 4) is 0 Å². The minimum absolute atomic E-state index is 0.0885. The number of thiophene rings is 1. The molecular weight excluding hydrogens is 432 g/mol. The van der Waals surface area contributed by atoms with E-state index in [9.17, 15) is 9.59 Å². The second-order valence-corrected chi connectivity index (χ2v) is 10.2. The summed E-state index contributed by atoms with van der Waals surface area (Å²) < 4.78 is 2.34. The van der Waals surface area contributed by atoms with Gasteiger partial charge in [0.15, 0.2) is 0 Å². The second kappa shape index (κ2) is 11.0. The lowest BCUT2D eigenvalue weighted by Crippen LogP contribution is -2.46. The molecule has 3 aromatic rings. The van der Waals surface area contributed by atoms with Crippen molar-refractivity contribution in [3.63, 3.8) is 0 Å². The van der Waals surface area contributed by atoms with E-state index < -0.39 is 6.04 Å². The van der Waals surface area contributed by atoms with E-state index in [1.54, 1.807) is 25.4 Å². The largest absolute Gasteiger partial charge is 0.347 e. The van der Waals surface area contributed by atoms with Crippen LogP contribution in [0.5, 0.6) is 0 Å². The standard InChI is InChI=1S/C26H36N4O2S/c1-7-19(8-2)30-23-12-11-18(15-21(23)27-24(30)16-20-10-9-13-33-20)25(31)28-22(14-17(3)4)26(32)29(5)6/h9-13,15,17,19,22H,7-8,14,16H2,1-6H3,(H,28,31). The van der Waals surface area contributed by atoms with Gasteiger partial charge in [-0.15, -0.1) is 11.3 Å². The van der Waals surface area contributed by atoms with Crippen molar-refractivity contribution < 1.29 is 9.59 Å². The average molecular weight is 469 g/mol. The Labute approximate surface area is 201 Å². The van der Waals surface area contributed by atoms with Crippen molar-refractivity contribution in [2.75, 3.05) is 14.1 Å². The van der Waals surface area contributed by atoms with Gasteiger partial charge < -0.3 is 14.8 Å². The zero-order valence-corrected chi connectivity index (χ0v) is 21.4. The highest BCUT2D eigenvalue weighted by Crippen LogP contribution is 2.28. The zero-order valence-electron chi connectivity index (χ0n) is 20.6. The SMILES string of the molecule is CCC(CC)n1c(Cc2cccs2)nc2cc(C(=O)NC(CC(C)C)C(=O)N(C)C)ccc21. The molecule has 1 atom stereocenters. The lowest BCUT2D eigenvalue weighted by molar-refractivity contribution is -0.131. The molecule has 2 amide bonds. The van der Waals surface area contributed by atoms with E-state index in [0.29, 0.717) is 18.0 Å². The van der Waals surface area contributed by atoms with E-state index >= 15 is 0 Å². The van der Waals surface area contributed by atoms with Crippen LogP contribution >= 0.6 is 11.3 Å². The van der Waals surface area contributed by atoms with Gasteiger partial charge in [0.05, 0.1) is 11.0 Å². The molecule has 0 spiro atoms. The first-order valence-electron chi connectivity index (χ1n) is 11.8. The van der Waals surface area contributed by atoms with Crippen LogP contribution in [0.2, 0.25) is 0 Å². The first-order valence-corrected chi connectivity index (χ1v) is 12.7. The van der Waals surface area contributed by atoms with E-state index in [0.717, 1.165) is 36.1 Å². The molecule has 7 heteroatoms. The topological polar surface area (TPSA) is 67.2 Å². The summed E-state index contributed by atoms with van der Waals surface area (Å²) in [7, 11) is 3.43. The van der Waals surface area contributed by atoms with Gasteiger partial charge in [-0.3, -0.25) is 9.59 Å². The summed E-state index contributed by atoms with van der Waals surface area (Å²) in [6, 6.07) is 9.72. The van der Waals surface area contributed by atoms with Crippen LogP contribution in [0.3, 0.4) is 0 Å². The van der Waals surface area contributed by atoms with Crippen LogP contribution in [-0.4, -0.2) is 46.4 Å². The predicted molar refractivity (Wildman–Crippen MR) is 136 cm³/mol. The summed E-state index contributed by atoms with van der Waals surface area (Å²) in [4.78, 5) is 33.4. The van der Waals surface area contributed by atoms with Crippen LogP contribution in [0.25, 0.3) is 11.0 Å². The smallest absolute Gasteiger partial charge is 0.252 e. The summed E-state index contributed by atoms with van der Waals surface area (Å²) in [5, 5.41) is 5.04. The van der Waals surface area contributed by atoms with E-state index in [1.807, 2.05) is 32.0 Å². The first-order chi connectivity index (χ1) is 15.7. The first kappa shape index (κ1) is 25.0. The van der Waals surface area contributed by atoms with Crippen molar-refractivity contribution >= 4 is 34.2 Å². The van der Waals surface area contributed by atoms with Gasteiger partial charge in [-0.2, -0.15) is 0 Å². The molecule has 0 bridgehead atoms. The molecular formula is C26H36N4O2S. The molecule has 0 aliphatic heterocycles. The Hall–Kier alpha value is -2.67. The van der Waals surface area contributed by atoms with Gasteiger partial charge >= 0.3 is 0 Å². The van der Waals surface area contributed by atoms with Gasteiger partial charge in [0.2, 0.25) is 5.91 Å². The third-order valence-corrected chi connectivity index (χ3v) is 6.87. The number of carbonyl (C=O) groups excluding carboxylic acids is 2. The average Bonchev–Trinajstić information content (AvgIpc) is 3.41. The minimum Gasteiger partial charge on any atom is -0.347 e. The summed E-state index contributed by atoms with van der Waals surface area (Å²) in [6.45, 7) is 8.50. The summed E-state index contributed by atoms with van der Waals surface area (Å²) in [5.74, 6) is 0.986. The molecule has 6 nitrogen and oxygen atoms in total. The lowest BCUT2D eigenvalue weighted by atomic mass is 10.0. The third kappa shape index (κ3) is 5.82. The number of carbonyl (C=O) groups is 2. The Morgan fingerprint density at radius 3 is 2.45 bits per heavy atom. The molecule has 2 aromatic heterocycles. The highest BCUT2D eigenvalue weighted by Gasteiger charge is 2.25. The van der Waals surface area contributed by atoms with Gasteiger partial charge in [0, 0.05) is 37.0 Å². The summed E-state index contributed by atoms with van der Waals surface area (Å²) in [5.41, 5.74) is 2.40.